The van der Waals surface area contributed by atoms with Crippen molar-refractivity contribution in [2.24, 2.45) is 0 Å². The summed E-state index contributed by atoms with van der Waals surface area (Å²) in [6.45, 7) is 0. The fourth-order valence-electron chi connectivity index (χ4n) is 1.22. The number of hydrogen-bond donors (Lipinski definition) is 1. The molecular formula is C10H7FO. The number of rotatable bonds is 0. The van der Waals surface area contributed by atoms with E-state index in [0.29, 0.717) is 5.39 Å². The molecule has 2 aromatic rings. The first-order valence-electron chi connectivity index (χ1n) is 3.65. The number of phenols is 1. The molecule has 0 saturated heterocycles. The highest BCUT2D eigenvalue weighted by molar-refractivity contribution is 5.84. The lowest BCUT2D eigenvalue weighted by Crippen LogP contribution is -1.79. The normalized spacial score (nSPS) is 10.4. The molecule has 0 spiro atoms. The molecule has 0 bridgehead atoms. The highest BCUT2D eigenvalue weighted by atomic mass is 19.1. The van der Waals surface area contributed by atoms with Gasteiger partial charge in [0.2, 0.25) is 0 Å². The van der Waals surface area contributed by atoms with Crippen molar-refractivity contribution < 1.29 is 9.50 Å². The Bertz CT molecular complexity index is 423. The summed E-state index contributed by atoms with van der Waals surface area (Å²) in [7, 11) is 0. The predicted octanol–water partition coefficient (Wildman–Crippen LogP) is 2.68. The summed E-state index contributed by atoms with van der Waals surface area (Å²) in [6, 6.07) is 10.1. The Kier molecular flexibility index (Phi) is 1.47. The van der Waals surface area contributed by atoms with E-state index in [1.54, 1.807) is 24.3 Å². The first kappa shape index (κ1) is 7.10. The van der Waals surface area contributed by atoms with Crippen molar-refractivity contribution >= 4 is 10.8 Å². The fourth-order valence-corrected chi connectivity index (χ4v) is 1.22. The maximum Gasteiger partial charge on any atom is 0.172 e. The van der Waals surface area contributed by atoms with E-state index in [-0.39, 0.29) is 5.75 Å². The second-order valence-corrected chi connectivity index (χ2v) is 2.62. The van der Waals surface area contributed by atoms with E-state index in [0.717, 1.165) is 5.39 Å². The molecule has 0 radical (unpaired) electrons. The highest BCUT2D eigenvalue weighted by Crippen LogP contribution is 2.24. The van der Waals surface area contributed by atoms with Crippen molar-refractivity contribution in [3.05, 3.63) is 42.2 Å². The van der Waals surface area contributed by atoms with E-state index in [2.05, 4.69) is 0 Å². The summed E-state index contributed by atoms with van der Waals surface area (Å²) in [5, 5.41) is 10.3. The maximum absolute atomic E-state index is 13.1. The van der Waals surface area contributed by atoms with E-state index in [1.165, 1.54) is 6.07 Å². The minimum Gasteiger partial charge on any atom is -0.505 e. The molecule has 0 atom stereocenters. The summed E-state index contributed by atoms with van der Waals surface area (Å²) in [5.74, 6) is -0.846. The molecule has 0 aliphatic carbocycles. The van der Waals surface area contributed by atoms with Crippen LogP contribution in [-0.2, 0) is 0 Å². The number of aromatic hydroxyl groups is 1. The van der Waals surface area contributed by atoms with Gasteiger partial charge in [-0.1, -0.05) is 30.3 Å². The van der Waals surface area contributed by atoms with Crippen LogP contribution in [0.25, 0.3) is 10.8 Å². The largest absolute Gasteiger partial charge is 0.505 e. The second-order valence-electron chi connectivity index (χ2n) is 2.62. The van der Waals surface area contributed by atoms with Gasteiger partial charge in [0, 0.05) is 5.39 Å². The van der Waals surface area contributed by atoms with Crippen LogP contribution in [0.5, 0.6) is 5.75 Å². The lowest BCUT2D eigenvalue weighted by atomic mass is 10.1. The van der Waals surface area contributed by atoms with Gasteiger partial charge in [-0.2, -0.15) is 0 Å². The standard InChI is InChI=1S/C10H7FO/c11-10-8-4-2-1-3-7(8)5-6-9(10)12/h1-6,12H. The number of benzene rings is 2. The molecule has 2 aromatic carbocycles. The van der Waals surface area contributed by atoms with Gasteiger partial charge in [0.25, 0.3) is 0 Å². The molecule has 1 nitrogen and oxygen atoms in total. The molecule has 0 amide bonds. The van der Waals surface area contributed by atoms with E-state index in [4.69, 9.17) is 5.11 Å². The molecule has 0 aliphatic heterocycles. The highest BCUT2D eigenvalue weighted by Gasteiger charge is 2.03. The third-order valence-corrected chi connectivity index (χ3v) is 1.84. The number of hydrogen-bond acceptors (Lipinski definition) is 1. The Labute approximate surface area is 69.1 Å². The van der Waals surface area contributed by atoms with Crippen LogP contribution in [-0.4, -0.2) is 5.11 Å². The van der Waals surface area contributed by atoms with Gasteiger partial charge in [-0.3, -0.25) is 0 Å². The smallest absolute Gasteiger partial charge is 0.172 e. The molecule has 0 aromatic heterocycles. The summed E-state index contributed by atoms with van der Waals surface area (Å²) in [6.07, 6.45) is 0. The molecule has 0 aliphatic rings. The Balaban J connectivity index is 2.91. The third kappa shape index (κ3) is 0.925. The van der Waals surface area contributed by atoms with Crippen molar-refractivity contribution in [1.82, 2.24) is 0 Å². The Hall–Kier alpha value is -1.57. The quantitative estimate of drug-likeness (QED) is 0.631. The van der Waals surface area contributed by atoms with Crippen LogP contribution in [0, 0.1) is 5.82 Å². The second kappa shape index (κ2) is 2.48. The summed E-state index contributed by atoms with van der Waals surface area (Å²) < 4.78 is 13.1. The predicted molar refractivity (Wildman–Crippen MR) is 45.6 cm³/mol. The minimum absolute atomic E-state index is 0.297. The average Bonchev–Trinajstić information content (AvgIpc) is 2.12. The van der Waals surface area contributed by atoms with Crippen LogP contribution >= 0.6 is 0 Å². The van der Waals surface area contributed by atoms with Crippen LogP contribution in [0.15, 0.2) is 36.4 Å². The number of halogens is 1. The van der Waals surface area contributed by atoms with Crippen molar-refractivity contribution in [2.75, 3.05) is 0 Å². The van der Waals surface area contributed by atoms with Gasteiger partial charge >= 0.3 is 0 Å². The lowest BCUT2D eigenvalue weighted by molar-refractivity contribution is 0.436. The monoisotopic (exact) mass is 162 g/mol. The van der Waals surface area contributed by atoms with Gasteiger partial charge in [-0.05, 0) is 11.5 Å². The van der Waals surface area contributed by atoms with Crippen molar-refractivity contribution in [1.29, 1.82) is 0 Å². The average molecular weight is 162 g/mol. The number of fused-ring (bicyclic) bond motifs is 1. The summed E-state index contributed by atoms with van der Waals surface area (Å²) >= 11 is 0. The van der Waals surface area contributed by atoms with Gasteiger partial charge < -0.3 is 5.11 Å². The zero-order chi connectivity index (χ0) is 8.55. The van der Waals surface area contributed by atoms with E-state index >= 15 is 0 Å². The van der Waals surface area contributed by atoms with E-state index in [1.807, 2.05) is 6.07 Å². The van der Waals surface area contributed by atoms with Crippen molar-refractivity contribution in [2.45, 2.75) is 0 Å². The van der Waals surface area contributed by atoms with Gasteiger partial charge in [0.15, 0.2) is 11.6 Å². The van der Waals surface area contributed by atoms with E-state index < -0.39 is 5.82 Å². The first-order chi connectivity index (χ1) is 5.79. The van der Waals surface area contributed by atoms with Crippen LogP contribution < -0.4 is 0 Å². The molecule has 2 heteroatoms. The fraction of sp³-hybridized carbons (Fsp3) is 0. The van der Waals surface area contributed by atoms with Gasteiger partial charge in [0.1, 0.15) is 0 Å². The molecule has 60 valence electrons. The van der Waals surface area contributed by atoms with Crippen molar-refractivity contribution in [3.8, 4) is 5.75 Å². The minimum atomic E-state index is -0.548. The Morgan fingerprint density at radius 3 is 2.58 bits per heavy atom. The summed E-state index contributed by atoms with van der Waals surface area (Å²) in [5.41, 5.74) is 0. The molecular weight excluding hydrogens is 155 g/mol. The maximum atomic E-state index is 13.1. The summed E-state index contributed by atoms with van der Waals surface area (Å²) in [4.78, 5) is 0. The van der Waals surface area contributed by atoms with Crippen LogP contribution in [0.1, 0.15) is 0 Å². The SMILES string of the molecule is Oc1ccc2ccccc2c1F. The molecule has 1 N–H and O–H groups in total. The molecule has 0 heterocycles. The molecule has 0 fully saturated rings. The molecule has 12 heavy (non-hydrogen) atoms. The third-order valence-electron chi connectivity index (χ3n) is 1.84. The zero-order valence-electron chi connectivity index (χ0n) is 6.29. The van der Waals surface area contributed by atoms with Crippen LogP contribution in [0.3, 0.4) is 0 Å². The molecule has 0 unspecified atom stereocenters. The van der Waals surface area contributed by atoms with Gasteiger partial charge in [0.05, 0.1) is 0 Å². The zero-order valence-corrected chi connectivity index (χ0v) is 6.29. The first-order valence-corrected chi connectivity index (χ1v) is 3.65. The molecule has 2 rings (SSSR count). The topological polar surface area (TPSA) is 20.2 Å². The Morgan fingerprint density at radius 2 is 1.75 bits per heavy atom. The van der Waals surface area contributed by atoms with Gasteiger partial charge in [-0.15, -0.1) is 0 Å². The number of phenolic OH excluding ortho intramolecular Hbond substituents is 1. The van der Waals surface area contributed by atoms with E-state index in [9.17, 15) is 4.39 Å². The van der Waals surface area contributed by atoms with Crippen LogP contribution in [0.4, 0.5) is 4.39 Å². The van der Waals surface area contributed by atoms with Crippen LogP contribution in [0.2, 0.25) is 0 Å². The lowest BCUT2D eigenvalue weighted by Gasteiger charge is -1.99. The molecule has 0 saturated carbocycles. The van der Waals surface area contributed by atoms with Gasteiger partial charge in [-0.25, -0.2) is 4.39 Å². The Morgan fingerprint density at radius 1 is 1.00 bits per heavy atom. The van der Waals surface area contributed by atoms with Crippen molar-refractivity contribution in [3.63, 3.8) is 0 Å².